The normalized spacial score (nSPS) is 12.0. The third-order valence-corrected chi connectivity index (χ3v) is 30.4. The van der Waals surface area contributed by atoms with Gasteiger partial charge in [-0.05, 0) is 203 Å². The number of carbonyl (C=O) groups is 2. The number of thioether (sulfide) groups is 2. The fourth-order valence-electron chi connectivity index (χ4n) is 14.2. The average Bonchev–Trinajstić information content (AvgIpc) is 1.64. The van der Waals surface area contributed by atoms with Gasteiger partial charge in [-0.15, -0.1) is 34.9 Å². The smallest absolute Gasteiger partial charge is 0.227 e. The Morgan fingerprint density at radius 3 is 0.986 bits per heavy atom. The number of aromatic nitrogens is 31. The number of carbonyl (C=O) groups excluding carboxylic acids is 2. The molecule has 24 rings (SSSR count). The van der Waals surface area contributed by atoms with Gasteiger partial charge in [-0.3, -0.25) is 57.1 Å². The predicted octanol–water partition coefficient (Wildman–Crippen LogP) is 19.9. The van der Waals surface area contributed by atoms with Crippen molar-refractivity contribution >= 4 is 233 Å². The number of aryl methyl sites for hydroxylation is 5. The Morgan fingerprint density at radius 2 is 0.715 bits per heavy atom. The molecule has 21 aromatic heterocycles. The van der Waals surface area contributed by atoms with Gasteiger partial charge < -0.3 is 47.4 Å². The second-order valence-corrected chi connectivity index (χ2v) is 42.4. The number of fused-ring (bicyclic) bond motifs is 5. The number of hydrogen-bond acceptors (Lipinski definition) is 41. The van der Waals surface area contributed by atoms with Gasteiger partial charge in [-0.1, -0.05) is 23.5 Å². The number of nitrogens with one attached hydrogen (secondary N) is 12. The van der Waals surface area contributed by atoms with Crippen molar-refractivity contribution in [2.24, 2.45) is 5.92 Å². The molecule has 2 aromatic carbocycles. The Morgan fingerprint density at radius 1 is 0.410 bits per heavy atom. The summed E-state index contributed by atoms with van der Waals surface area (Å²) in [6.45, 7) is 13.1. The van der Waals surface area contributed by atoms with E-state index in [0.717, 1.165) is 185 Å². The van der Waals surface area contributed by atoms with Crippen LogP contribution in [0.25, 0.3) is 84.5 Å². The molecule has 0 spiro atoms. The van der Waals surface area contributed by atoms with E-state index in [0.29, 0.717) is 57.5 Å². The Balaban J connectivity index is 0.000000110. The maximum atomic E-state index is 12.0. The number of aromatic amines is 5. The van der Waals surface area contributed by atoms with Crippen LogP contribution in [0, 0.1) is 40.5 Å². The second-order valence-electron chi connectivity index (χ2n) is 31.9. The first-order valence-electron chi connectivity index (χ1n) is 43.9. The number of thiazole rings is 1. The van der Waals surface area contributed by atoms with Crippen LogP contribution < -0.4 is 37.2 Å². The van der Waals surface area contributed by atoms with Crippen LogP contribution in [0.3, 0.4) is 0 Å². The molecule has 726 valence electrons. The van der Waals surface area contributed by atoms with E-state index in [4.69, 9.17) is 20.1 Å². The molecular weight excluding hydrogens is 2040 g/mol. The van der Waals surface area contributed by atoms with Crippen molar-refractivity contribution < 1.29 is 19.8 Å². The first-order chi connectivity index (χ1) is 70.3. The summed E-state index contributed by atoms with van der Waals surface area (Å²) in [4.78, 5) is 76.2. The van der Waals surface area contributed by atoms with E-state index >= 15 is 0 Å². The zero-order chi connectivity index (χ0) is 98.7. The number of aliphatic hydroxyl groups excluding tert-OH is 2. The number of H-pyrrole nitrogens is 5. The monoisotopic (exact) mass is 2120 g/mol. The number of rotatable bonds is 30. The molecule has 0 radical (unpaired) electrons. The Bertz CT molecular complexity index is 8290. The van der Waals surface area contributed by atoms with Gasteiger partial charge in [0.1, 0.15) is 50.1 Å². The summed E-state index contributed by atoms with van der Waals surface area (Å²) < 4.78 is 32.5. The summed E-state index contributed by atoms with van der Waals surface area (Å²) >= 11 is 16.1. The lowest BCUT2D eigenvalue weighted by Gasteiger charge is -2.10. The number of anilines is 12. The van der Waals surface area contributed by atoms with Crippen molar-refractivity contribution in [2.75, 3.05) is 55.3 Å². The zero-order valence-electron chi connectivity index (χ0n) is 76.7. The highest BCUT2D eigenvalue weighted by molar-refractivity contribution is 8.01. The maximum Gasteiger partial charge on any atom is 0.227 e. The molecule has 1 aliphatic carbocycles. The maximum absolute atomic E-state index is 12.0. The average molecular weight is 2120 g/mol. The van der Waals surface area contributed by atoms with Crippen LogP contribution >= 0.6 is 128 Å². The largest absolute Gasteiger partial charge is 0.396 e. The van der Waals surface area contributed by atoms with E-state index in [1.807, 2.05) is 221 Å². The van der Waals surface area contributed by atoms with E-state index in [9.17, 15) is 14.7 Å². The van der Waals surface area contributed by atoms with Gasteiger partial charge in [0.05, 0.1) is 132 Å². The molecule has 1 fully saturated rings. The molecule has 1 aliphatic rings. The van der Waals surface area contributed by atoms with E-state index in [2.05, 4.69) is 150 Å². The molecule has 0 bridgehead atoms. The number of aliphatic hydroxyl groups is 2. The van der Waals surface area contributed by atoms with Crippen molar-refractivity contribution in [1.82, 2.24) is 150 Å². The van der Waals surface area contributed by atoms with Gasteiger partial charge in [-0.2, -0.15) is 47.4 Å². The topological polar surface area (TPSA) is 530 Å². The number of hydrogen-bond donors (Lipinski definition) is 14. The minimum Gasteiger partial charge on any atom is -0.396 e. The Labute approximate surface area is 862 Å². The number of amides is 2. The van der Waals surface area contributed by atoms with Gasteiger partial charge >= 0.3 is 0 Å². The number of imidazole rings is 5. The number of benzene rings is 2. The van der Waals surface area contributed by atoms with Crippen molar-refractivity contribution in [3.05, 3.63) is 243 Å². The zero-order valence-corrected chi connectivity index (χ0v) is 85.7. The van der Waals surface area contributed by atoms with Crippen LogP contribution in [0.5, 0.6) is 0 Å². The lowest BCUT2D eigenvalue weighted by molar-refractivity contribution is -0.117. The second kappa shape index (κ2) is 44.2. The van der Waals surface area contributed by atoms with Gasteiger partial charge in [0.15, 0.2) is 61.7 Å². The molecular formula is C91H82N38O4S11. The minimum absolute atomic E-state index is 0.0969. The van der Waals surface area contributed by atoms with E-state index in [-0.39, 0.29) is 24.3 Å². The van der Waals surface area contributed by atoms with E-state index in [1.165, 1.54) is 123 Å². The van der Waals surface area contributed by atoms with Crippen LogP contribution in [0.2, 0.25) is 0 Å². The molecule has 53 heteroatoms. The lowest BCUT2D eigenvalue weighted by atomic mass is 10.3. The molecule has 1 unspecified atom stereocenters. The molecule has 1 atom stereocenters. The summed E-state index contributed by atoms with van der Waals surface area (Å²) in [5.74, 6) is 4.60. The number of nitrogens with zero attached hydrogens (tertiary/aromatic N) is 26. The van der Waals surface area contributed by atoms with Crippen molar-refractivity contribution in [3.8, 4) is 56.3 Å². The Kier molecular flexibility index (Phi) is 29.6. The molecule has 2 amide bonds. The van der Waals surface area contributed by atoms with Crippen molar-refractivity contribution in [1.29, 1.82) is 0 Å². The highest BCUT2D eigenvalue weighted by Gasteiger charge is 2.30. The van der Waals surface area contributed by atoms with Crippen molar-refractivity contribution in [2.45, 2.75) is 107 Å². The van der Waals surface area contributed by atoms with Gasteiger partial charge in [0.2, 0.25) is 11.8 Å². The fourth-order valence-corrected chi connectivity index (χ4v) is 22.1. The quantitative estimate of drug-likeness (QED) is 0.0186. The van der Waals surface area contributed by atoms with Gasteiger partial charge in [0.25, 0.3) is 0 Å². The minimum atomic E-state index is -0.408. The van der Waals surface area contributed by atoms with Crippen LogP contribution in [-0.2, 0) is 9.59 Å². The van der Waals surface area contributed by atoms with Crippen molar-refractivity contribution in [3.63, 3.8) is 0 Å². The van der Waals surface area contributed by atoms with Crippen LogP contribution in [-0.4, -0.2) is 196 Å². The van der Waals surface area contributed by atoms with Crippen LogP contribution in [0.15, 0.2) is 254 Å². The molecule has 144 heavy (non-hydrogen) atoms. The molecule has 0 saturated heterocycles. The highest BCUT2D eigenvalue weighted by atomic mass is 32.2. The third kappa shape index (κ3) is 23.5. The standard InChI is InChI=1S/C23H20N8OS2.C21H18N8OS2.C16H12N8S3.C16H17N7OS2.C15H15N7OS2/c1-13-8-19(34-30-13)28-21-22-24-11-18(15-9-25-26-10-15)31(22)12-20(29-21)33-17-6-4-16(5-7-17)27-23(32)14-2-3-14;1-12-7-18(32-28-12)26-20-21-22-10-17(14-8-23-24-9-14)29(21)11-19(27-20)31-16-5-3-15(4-6-16)25-13(2)30;1-9-4-12(27-23-9)21-14-15-18-7-11(10-5-19-20-6-10)24(15)8-13(22-14)26-16-17-2-3-25-16;1-9-3-13(26-22-9)20-15-16-17-6-12(11-4-18-19-5-11)23(16)7-14(21-15)25-8-10(2)24;1-9-4-12(25-21-9)19-14-15-16-7-11(10-5-17-18-6-10)22(15)8-13(20-14)24-3-2-23/h4-12,14H,2-3H2,1H3,(H,25,26)(H,27,32)(H,28,29);3-11H,1-2H3,(H,23,24)(H,25,30)(H,26,27);2-8H,1H3,(H,19,20)(H,21,22);3-7,10,24H,8H2,1-2H3,(H,18,19)(H,20,21);4-8,23H,2-3H2,1H3,(H,17,18)(H,19,20). The SMILES string of the molecule is CC(=O)Nc1ccc(Sc2cn3c(-c4cn[nH]c4)cnc3c(Nc3cc(C)ns3)n2)cc1.Cc1cc(Nc2nc(SCC(C)O)cn3c(-c4cn[nH]c4)cnc23)sn1.Cc1cc(Nc2nc(SCCO)cn3c(-c4cn[nH]c4)cnc23)sn1.Cc1cc(Nc2nc(Sc3ccc(NC(=O)C4CC4)cc3)cn3c(-c4cn[nH]c4)cnc23)sn1.Cc1cc(Nc2nc(Sc3nccs3)cn3c(-c4cn[nH]c4)cnc23)sn1. The van der Waals surface area contributed by atoms with Gasteiger partial charge in [0, 0.05) is 147 Å². The molecule has 42 nitrogen and oxygen atoms in total. The summed E-state index contributed by atoms with van der Waals surface area (Å²) in [6.07, 6.45) is 40.1. The first-order valence-corrected chi connectivity index (χ1v) is 53.1. The third-order valence-electron chi connectivity index (χ3n) is 20.8. The van der Waals surface area contributed by atoms with Gasteiger partial charge in [-0.25, -0.2) is 54.8 Å². The van der Waals surface area contributed by atoms with E-state index < -0.39 is 6.10 Å². The van der Waals surface area contributed by atoms with Crippen LogP contribution in [0.4, 0.5) is 65.5 Å². The molecule has 0 aliphatic heterocycles. The molecule has 14 N–H and O–H groups in total. The lowest BCUT2D eigenvalue weighted by Crippen LogP contribution is -2.12. The van der Waals surface area contributed by atoms with Crippen LogP contribution in [0.1, 0.15) is 55.2 Å². The first kappa shape index (κ1) is 96.5. The molecule has 1 saturated carbocycles. The summed E-state index contributed by atoms with van der Waals surface area (Å²) in [5.41, 5.74) is 19.2. The predicted molar refractivity (Wildman–Crippen MR) is 567 cm³/mol. The summed E-state index contributed by atoms with van der Waals surface area (Å²) in [5, 5.41) is 86.1. The fraction of sp³-hybridized carbons (Fsp3) is 0.154. The summed E-state index contributed by atoms with van der Waals surface area (Å²) in [7, 11) is 0. The Hall–Kier alpha value is -15.0. The molecule has 23 aromatic rings. The summed E-state index contributed by atoms with van der Waals surface area (Å²) in [6, 6.07) is 25.4. The van der Waals surface area contributed by atoms with E-state index in [1.54, 1.807) is 67.8 Å². The highest BCUT2D eigenvalue weighted by Crippen LogP contribution is 2.41. The molecule has 21 heterocycles.